The van der Waals surface area contributed by atoms with E-state index in [1.54, 1.807) is 0 Å². The number of hydrogen-bond acceptors (Lipinski definition) is 12. The third-order valence-electron chi connectivity index (χ3n) is 5.63. The van der Waals surface area contributed by atoms with E-state index in [2.05, 4.69) is 19.9 Å². The first-order valence-electron chi connectivity index (χ1n) is 10.9. The molecule has 0 amide bonds. The first-order valence-corrected chi connectivity index (χ1v) is 11.7. The molecule has 0 aliphatic carbocycles. The van der Waals surface area contributed by atoms with Gasteiger partial charge in [0.25, 0.3) is 0 Å². The molecule has 2 aromatic heterocycles. The molecule has 4 rings (SSSR count). The Bertz CT molecular complexity index is 990. The predicted molar refractivity (Wildman–Crippen MR) is 127 cm³/mol. The molecule has 0 unspecified atom stereocenters. The minimum atomic E-state index is -1.20. The monoisotopic (exact) mass is 528 g/mol. The van der Waals surface area contributed by atoms with Crippen LogP contribution in [0.3, 0.4) is 0 Å². The zero-order valence-electron chi connectivity index (χ0n) is 19.6. The summed E-state index contributed by atoms with van der Waals surface area (Å²) in [6, 6.07) is 0. The number of methoxy groups -OCH3 is 3. The second-order valence-corrected chi connectivity index (χ2v) is 8.33. The second kappa shape index (κ2) is 11.4. The van der Waals surface area contributed by atoms with Crippen molar-refractivity contribution in [3.05, 3.63) is 22.0 Å². The van der Waals surface area contributed by atoms with Crippen LogP contribution in [0.4, 0.5) is 11.6 Å². The summed E-state index contributed by atoms with van der Waals surface area (Å²) in [5.74, 6) is -0.302. The Morgan fingerprint density at radius 2 is 1.17 bits per heavy atom. The van der Waals surface area contributed by atoms with Crippen LogP contribution in [0.1, 0.15) is 17.6 Å². The summed E-state index contributed by atoms with van der Waals surface area (Å²) < 4.78 is 26.9. The number of carbonyl (C=O) groups excluding carboxylic acids is 1. The molecule has 0 radical (unpaired) electrons. The van der Waals surface area contributed by atoms with Gasteiger partial charge in [-0.2, -0.15) is 0 Å². The smallest absolute Gasteiger partial charge is 0.324 e. The number of esters is 1. The molecule has 0 N–H and O–H groups in total. The average Bonchev–Trinajstić information content (AvgIpc) is 2.89. The Labute approximate surface area is 212 Å². The molecule has 190 valence electrons. The lowest BCUT2D eigenvalue weighted by atomic mass is 10.1. The summed E-state index contributed by atoms with van der Waals surface area (Å²) >= 11 is 12.9. The first kappa shape index (κ1) is 25.4. The maximum Gasteiger partial charge on any atom is 0.324 e. The Kier molecular flexibility index (Phi) is 8.26. The lowest BCUT2D eigenvalue weighted by Gasteiger charge is -2.30. The number of ether oxygens (including phenoxy) is 5. The fraction of sp³-hybridized carbons (Fsp3) is 0.571. The molecule has 35 heavy (non-hydrogen) atoms. The average molecular weight is 529 g/mol. The molecule has 2 aromatic rings. The molecular formula is C21H26Cl2N6O6. The summed E-state index contributed by atoms with van der Waals surface area (Å²) in [5, 5.41) is 0.0850. The minimum absolute atomic E-state index is 0.0425. The summed E-state index contributed by atoms with van der Waals surface area (Å²) in [6.07, 6.45) is 0. The molecule has 0 bridgehead atoms. The van der Waals surface area contributed by atoms with E-state index in [1.807, 2.05) is 9.80 Å². The van der Waals surface area contributed by atoms with E-state index in [4.69, 9.17) is 46.9 Å². The molecule has 4 heterocycles. The van der Waals surface area contributed by atoms with Crippen molar-refractivity contribution >= 4 is 40.8 Å². The number of rotatable bonds is 7. The highest BCUT2D eigenvalue weighted by molar-refractivity contribution is 6.31. The van der Waals surface area contributed by atoms with Gasteiger partial charge in [0.05, 0.1) is 47.8 Å². The van der Waals surface area contributed by atoms with E-state index < -0.39 is 11.9 Å². The fourth-order valence-corrected chi connectivity index (χ4v) is 4.38. The molecule has 0 spiro atoms. The Balaban J connectivity index is 1.84. The number of hydrogen-bond donors (Lipinski definition) is 0. The molecule has 2 aliphatic rings. The molecule has 0 atom stereocenters. The summed E-state index contributed by atoms with van der Waals surface area (Å²) in [7, 11) is 4.22. The number of aromatic nitrogens is 4. The number of anilines is 2. The summed E-state index contributed by atoms with van der Waals surface area (Å²) in [6.45, 7) is 4.33. The van der Waals surface area contributed by atoms with Crippen LogP contribution < -0.4 is 19.3 Å². The second-order valence-electron chi connectivity index (χ2n) is 7.61. The van der Waals surface area contributed by atoms with Crippen molar-refractivity contribution in [3.8, 4) is 11.5 Å². The van der Waals surface area contributed by atoms with Crippen molar-refractivity contribution in [2.45, 2.75) is 5.92 Å². The van der Waals surface area contributed by atoms with Gasteiger partial charge in [0.1, 0.15) is 0 Å². The van der Waals surface area contributed by atoms with Gasteiger partial charge in [0.2, 0.25) is 0 Å². The number of nitrogens with zero attached hydrogens (tertiary/aromatic N) is 6. The van der Waals surface area contributed by atoms with E-state index in [-0.39, 0.29) is 22.0 Å². The van der Waals surface area contributed by atoms with Crippen LogP contribution in [0.5, 0.6) is 11.5 Å². The van der Waals surface area contributed by atoms with Crippen LogP contribution in [0.25, 0.3) is 0 Å². The molecular weight excluding hydrogens is 503 g/mol. The van der Waals surface area contributed by atoms with Crippen molar-refractivity contribution in [2.75, 3.05) is 83.7 Å². The van der Waals surface area contributed by atoms with Gasteiger partial charge in [-0.15, -0.1) is 0 Å². The number of carbonyl (C=O) groups is 1. The lowest BCUT2D eigenvalue weighted by molar-refractivity contribution is -0.141. The first-order chi connectivity index (χ1) is 17.0. The van der Waals surface area contributed by atoms with Crippen LogP contribution in [0.15, 0.2) is 0 Å². The van der Waals surface area contributed by atoms with Gasteiger partial charge < -0.3 is 33.5 Å². The van der Waals surface area contributed by atoms with Gasteiger partial charge in [0.15, 0.2) is 51.0 Å². The van der Waals surface area contributed by atoms with E-state index in [9.17, 15) is 4.79 Å². The largest absolute Gasteiger partial charge is 0.490 e. The van der Waals surface area contributed by atoms with Crippen molar-refractivity contribution in [3.63, 3.8) is 0 Å². The molecule has 0 aromatic carbocycles. The zero-order chi connectivity index (χ0) is 24.9. The zero-order valence-corrected chi connectivity index (χ0v) is 21.1. The topological polar surface area (TPSA) is 121 Å². The van der Waals surface area contributed by atoms with Gasteiger partial charge in [-0.1, -0.05) is 23.2 Å². The molecule has 14 heteroatoms. The van der Waals surface area contributed by atoms with E-state index >= 15 is 0 Å². The van der Waals surface area contributed by atoms with Crippen LogP contribution >= 0.6 is 23.2 Å². The Morgan fingerprint density at radius 1 is 0.771 bits per heavy atom. The van der Waals surface area contributed by atoms with Crippen molar-refractivity contribution in [1.82, 2.24) is 19.9 Å². The normalized spacial score (nSPS) is 16.4. The van der Waals surface area contributed by atoms with E-state index in [0.717, 1.165) is 0 Å². The standard InChI is InChI=1S/C21H26Cl2N6O6/c1-31-13-15(22)24-17(26-19(13)28-4-8-34-9-5-28)12(21(30)33-3)18-25-16(23)14(32-2)20(27-18)29-6-10-35-11-7-29/h12H,4-11H2,1-3H3. The third-order valence-corrected chi connectivity index (χ3v) is 6.14. The quantitative estimate of drug-likeness (QED) is 0.382. The van der Waals surface area contributed by atoms with Crippen LogP contribution in [-0.2, 0) is 19.0 Å². The van der Waals surface area contributed by atoms with E-state index in [1.165, 1.54) is 21.3 Å². The Morgan fingerprint density at radius 3 is 1.51 bits per heavy atom. The van der Waals surface area contributed by atoms with Crippen molar-refractivity contribution in [1.29, 1.82) is 0 Å². The highest BCUT2D eigenvalue weighted by Crippen LogP contribution is 2.38. The highest BCUT2D eigenvalue weighted by atomic mass is 35.5. The lowest BCUT2D eigenvalue weighted by Crippen LogP contribution is -2.38. The van der Waals surface area contributed by atoms with Crippen LogP contribution in [0.2, 0.25) is 10.3 Å². The Hall–Kier alpha value is -2.67. The molecule has 2 aliphatic heterocycles. The maximum atomic E-state index is 13.0. The van der Waals surface area contributed by atoms with Gasteiger partial charge in [-0.3, -0.25) is 4.79 Å². The fourth-order valence-electron chi connectivity index (χ4n) is 3.89. The maximum absolute atomic E-state index is 13.0. The molecule has 2 saturated heterocycles. The molecule has 2 fully saturated rings. The van der Waals surface area contributed by atoms with Crippen molar-refractivity contribution in [2.24, 2.45) is 0 Å². The van der Waals surface area contributed by atoms with Gasteiger partial charge in [-0.25, -0.2) is 19.9 Å². The molecule has 12 nitrogen and oxygen atoms in total. The van der Waals surface area contributed by atoms with E-state index in [0.29, 0.717) is 75.7 Å². The van der Waals surface area contributed by atoms with Gasteiger partial charge >= 0.3 is 5.97 Å². The van der Waals surface area contributed by atoms with Crippen molar-refractivity contribution < 1.29 is 28.5 Å². The number of morpholine rings is 2. The third kappa shape index (κ3) is 5.30. The van der Waals surface area contributed by atoms with Crippen LogP contribution in [-0.4, -0.2) is 99.8 Å². The van der Waals surface area contributed by atoms with Gasteiger partial charge in [0, 0.05) is 26.2 Å². The van der Waals surface area contributed by atoms with Gasteiger partial charge in [-0.05, 0) is 0 Å². The minimum Gasteiger partial charge on any atom is -0.490 e. The van der Waals surface area contributed by atoms with Crippen LogP contribution in [0, 0.1) is 0 Å². The summed E-state index contributed by atoms with van der Waals surface area (Å²) in [4.78, 5) is 34.9. The summed E-state index contributed by atoms with van der Waals surface area (Å²) in [5.41, 5.74) is 0. The molecule has 0 saturated carbocycles. The predicted octanol–water partition coefficient (Wildman–Crippen LogP) is 1.57. The highest BCUT2D eigenvalue weighted by Gasteiger charge is 2.35. The SMILES string of the molecule is COC(=O)C(c1nc(Cl)c(OC)c(N2CCOCC2)n1)c1nc(Cl)c(OC)c(N2CCOCC2)n1. The number of halogens is 2.